The molecule has 2 aromatic rings. The van der Waals surface area contributed by atoms with Gasteiger partial charge in [0.25, 0.3) is 10.0 Å². The highest BCUT2D eigenvalue weighted by Crippen LogP contribution is 2.24. The number of halogens is 3. The predicted molar refractivity (Wildman–Crippen MR) is 74.5 cm³/mol. The third-order valence-electron chi connectivity index (χ3n) is 2.69. The van der Waals surface area contributed by atoms with Crippen molar-refractivity contribution in [2.75, 3.05) is 4.72 Å². The molecule has 0 saturated carbocycles. The topological polar surface area (TPSA) is 66.4 Å². The Morgan fingerprint density at radius 2 is 1.90 bits per heavy atom. The highest BCUT2D eigenvalue weighted by atomic mass is 35.5. The summed E-state index contributed by atoms with van der Waals surface area (Å²) in [4.78, 5) is -0.223. The fourth-order valence-electron chi connectivity index (χ4n) is 1.63. The van der Waals surface area contributed by atoms with Crippen molar-refractivity contribution in [1.29, 1.82) is 0 Å². The Balaban J connectivity index is 2.41. The van der Waals surface area contributed by atoms with Crippen LogP contribution in [0.5, 0.6) is 0 Å². The predicted octanol–water partition coefficient (Wildman–Crippen LogP) is 2.91. The molecule has 0 aliphatic heterocycles. The zero-order chi connectivity index (χ0) is 15.6. The van der Waals surface area contributed by atoms with Gasteiger partial charge in [0.2, 0.25) is 0 Å². The van der Waals surface area contributed by atoms with E-state index < -0.39 is 34.0 Å². The quantitative estimate of drug-likeness (QED) is 0.904. The number of aliphatic hydroxyl groups is 1. The average Bonchev–Trinajstić information content (AvgIpc) is 2.44. The van der Waals surface area contributed by atoms with Crippen LogP contribution in [0.4, 0.5) is 14.5 Å². The van der Waals surface area contributed by atoms with E-state index in [-0.39, 0.29) is 15.5 Å². The van der Waals surface area contributed by atoms with Gasteiger partial charge in [-0.1, -0.05) is 17.7 Å². The number of benzene rings is 2. The second-order valence-corrected chi connectivity index (χ2v) is 6.21. The summed E-state index contributed by atoms with van der Waals surface area (Å²) in [7, 11) is -4.13. The second kappa shape index (κ2) is 5.97. The summed E-state index contributed by atoms with van der Waals surface area (Å²) in [6.07, 6.45) is 0. The molecular weight excluding hydrogens is 324 g/mol. The van der Waals surface area contributed by atoms with Crippen LogP contribution in [0, 0.1) is 11.6 Å². The van der Waals surface area contributed by atoms with Gasteiger partial charge in [-0.25, -0.2) is 17.2 Å². The van der Waals surface area contributed by atoms with Gasteiger partial charge in [-0.15, -0.1) is 0 Å². The molecule has 0 amide bonds. The first-order chi connectivity index (χ1) is 9.85. The van der Waals surface area contributed by atoms with E-state index in [1.54, 1.807) is 0 Å². The Bertz CT molecular complexity index is 781. The fourth-order valence-corrected chi connectivity index (χ4v) is 2.91. The Hall–Kier alpha value is -1.70. The Labute approximate surface area is 125 Å². The monoisotopic (exact) mass is 333 g/mol. The van der Waals surface area contributed by atoms with E-state index in [1.165, 1.54) is 18.2 Å². The summed E-state index contributed by atoms with van der Waals surface area (Å²) in [5.41, 5.74) is -0.297. The highest BCUT2D eigenvalue weighted by molar-refractivity contribution is 7.92. The van der Waals surface area contributed by atoms with Gasteiger partial charge in [-0.2, -0.15) is 0 Å². The van der Waals surface area contributed by atoms with Crippen LogP contribution in [-0.4, -0.2) is 13.5 Å². The Morgan fingerprint density at radius 3 is 2.57 bits per heavy atom. The van der Waals surface area contributed by atoms with Crippen molar-refractivity contribution in [1.82, 2.24) is 0 Å². The van der Waals surface area contributed by atoms with Gasteiger partial charge >= 0.3 is 0 Å². The molecule has 0 aromatic heterocycles. The Morgan fingerprint density at radius 1 is 1.19 bits per heavy atom. The molecule has 0 fully saturated rings. The van der Waals surface area contributed by atoms with Crippen molar-refractivity contribution in [3.05, 3.63) is 58.6 Å². The zero-order valence-corrected chi connectivity index (χ0v) is 12.0. The van der Waals surface area contributed by atoms with Crippen molar-refractivity contribution < 1.29 is 22.3 Å². The van der Waals surface area contributed by atoms with Crippen molar-refractivity contribution in [3.63, 3.8) is 0 Å². The van der Waals surface area contributed by atoms with Crippen LogP contribution in [-0.2, 0) is 16.6 Å². The summed E-state index contributed by atoms with van der Waals surface area (Å²) in [6, 6.07) is 6.79. The lowest BCUT2D eigenvalue weighted by Crippen LogP contribution is -2.14. The largest absolute Gasteiger partial charge is 0.392 e. The third kappa shape index (κ3) is 3.31. The molecule has 0 spiro atoms. The van der Waals surface area contributed by atoms with Crippen LogP contribution in [0.15, 0.2) is 41.3 Å². The second-order valence-electron chi connectivity index (χ2n) is 4.12. The lowest BCUT2D eigenvalue weighted by atomic mass is 10.2. The molecule has 8 heteroatoms. The summed E-state index contributed by atoms with van der Waals surface area (Å²) >= 11 is 5.77. The van der Waals surface area contributed by atoms with Crippen molar-refractivity contribution in [2.45, 2.75) is 11.5 Å². The molecule has 2 aromatic carbocycles. The minimum atomic E-state index is -4.13. The van der Waals surface area contributed by atoms with Crippen molar-refractivity contribution in [2.24, 2.45) is 0 Å². The molecule has 0 bridgehead atoms. The summed E-state index contributed by atoms with van der Waals surface area (Å²) in [5, 5.41) is 9.27. The molecule has 0 unspecified atom stereocenters. The maximum atomic E-state index is 13.5. The molecular formula is C13H10ClF2NO3S. The van der Waals surface area contributed by atoms with Crippen LogP contribution < -0.4 is 4.72 Å². The SMILES string of the molecule is O=S(=O)(Nc1cccc(F)c1F)c1ccc(Cl)c(CO)c1. The number of anilines is 1. The average molecular weight is 334 g/mol. The van der Waals surface area contributed by atoms with E-state index in [0.29, 0.717) is 0 Å². The molecule has 2 rings (SSSR count). The van der Waals surface area contributed by atoms with E-state index in [0.717, 1.165) is 18.2 Å². The molecule has 0 aliphatic rings. The Kier molecular flexibility index (Phi) is 4.46. The molecule has 0 aliphatic carbocycles. The lowest BCUT2D eigenvalue weighted by Gasteiger charge is -2.10. The van der Waals surface area contributed by atoms with E-state index in [1.807, 2.05) is 4.72 Å². The normalized spacial score (nSPS) is 11.4. The van der Waals surface area contributed by atoms with Gasteiger partial charge in [0.05, 0.1) is 17.2 Å². The molecule has 0 heterocycles. The number of nitrogens with one attached hydrogen (secondary N) is 1. The van der Waals surface area contributed by atoms with Crippen LogP contribution in [0.25, 0.3) is 0 Å². The smallest absolute Gasteiger partial charge is 0.262 e. The minimum absolute atomic E-state index is 0.202. The van der Waals surface area contributed by atoms with Gasteiger partial charge < -0.3 is 5.11 Å². The van der Waals surface area contributed by atoms with Gasteiger partial charge in [0.15, 0.2) is 11.6 Å². The highest BCUT2D eigenvalue weighted by Gasteiger charge is 2.19. The number of aliphatic hydroxyl groups excluding tert-OH is 1. The number of rotatable bonds is 4. The van der Waals surface area contributed by atoms with Crippen LogP contribution >= 0.6 is 11.6 Å². The molecule has 0 atom stereocenters. The van der Waals surface area contributed by atoms with Crippen molar-refractivity contribution >= 4 is 27.3 Å². The summed E-state index contributed by atoms with van der Waals surface area (Å²) in [6.45, 7) is -0.448. The summed E-state index contributed by atoms with van der Waals surface area (Å²) in [5.74, 6) is -2.46. The first kappa shape index (κ1) is 15.7. The van der Waals surface area contributed by atoms with E-state index >= 15 is 0 Å². The molecule has 112 valence electrons. The van der Waals surface area contributed by atoms with Crippen LogP contribution in [0.1, 0.15) is 5.56 Å². The first-order valence-electron chi connectivity index (χ1n) is 5.71. The van der Waals surface area contributed by atoms with Crippen LogP contribution in [0.2, 0.25) is 5.02 Å². The van der Waals surface area contributed by atoms with Gasteiger partial charge in [0.1, 0.15) is 0 Å². The third-order valence-corrected chi connectivity index (χ3v) is 4.43. The molecule has 21 heavy (non-hydrogen) atoms. The first-order valence-corrected chi connectivity index (χ1v) is 7.57. The number of hydrogen-bond donors (Lipinski definition) is 2. The minimum Gasteiger partial charge on any atom is -0.392 e. The molecule has 0 saturated heterocycles. The lowest BCUT2D eigenvalue weighted by molar-refractivity contribution is 0.281. The fraction of sp³-hybridized carbons (Fsp3) is 0.0769. The van der Waals surface area contributed by atoms with Gasteiger partial charge in [0, 0.05) is 5.02 Å². The zero-order valence-electron chi connectivity index (χ0n) is 10.5. The van der Waals surface area contributed by atoms with Gasteiger partial charge in [-0.05, 0) is 35.9 Å². The molecule has 4 nitrogen and oxygen atoms in total. The van der Waals surface area contributed by atoms with E-state index in [4.69, 9.17) is 16.7 Å². The molecule has 2 N–H and O–H groups in total. The van der Waals surface area contributed by atoms with E-state index in [2.05, 4.69) is 0 Å². The van der Waals surface area contributed by atoms with Crippen LogP contribution in [0.3, 0.4) is 0 Å². The van der Waals surface area contributed by atoms with Gasteiger partial charge in [-0.3, -0.25) is 4.72 Å². The number of hydrogen-bond acceptors (Lipinski definition) is 3. The molecule has 0 radical (unpaired) electrons. The summed E-state index contributed by atoms with van der Waals surface area (Å²) < 4.78 is 52.7. The maximum Gasteiger partial charge on any atom is 0.262 e. The maximum absolute atomic E-state index is 13.5. The van der Waals surface area contributed by atoms with Crippen molar-refractivity contribution in [3.8, 4) is 0 Å². The number of sulfonamides is 1. The standard InChI is InChI=1S/C13H10ClF2NO3S/c14-10-5-4-9(6-8(10)7-18)21(19,20)17-12-3-1-2-11(15)13(12)16/h1-6,17-18H,7H2. The van der Waals surface area contributed by atoms with E-state index in [9.17, 15) is 17.2 Å².